The molecule has 2 rings (SSSR count). The summed E-state index contributed by atoms with van der Waals surface area (Å²) in [6, 6.07) is 11.8. The normalized spacial score (nSPS) is 10.3. The molecule has 0 aliphatic heterocycles. The molecule has 104 valence electrons. The zero-order valence-electron chi connectivity index (χ0n) is 10.7. The Balaban J connectivity index is 2.11. The van der Waals surface area contributed by atoms with E-state index >= 15 is 0 Å². The van der Waals surface area contributed by atoms with Crippen molar-refractivity contribution >= 4 is 17.5 Å². The van der Waals surface area contributed by atoms with E-state index in [1.54, 1.807) is 0 Å². The Labute approximate surface area is 121 Å². The molecule has 0 radical (unpaired) electrons. The van der Waals surface area contributed by atoms with Gasteiger partial charge in [0.05, 0.1) is 10.6 Å². The molecule has 0 heterocycles. The molecule has 0 fully saturated rings. The Hall–Kier alpha value is -1.91. The van der Waals surface area contributed by atoms with Crippen molar-refractivity contribution in [3.05, 3.63) is 70.0 Å². The summed E-state index contributed by atoms with van der Waals surface area (Å²) in [5.74, 6) is -1.21. The van der Waals surface area contributed by atoms with E-state index in [2.05, 4.69) is 5.32 Å². The van der Waals surface area contributed by atoms with Crippen LogP contribution in [-0.4, -0.2) is 5.91 Å². The second-order valence-electron chi connectivity index (χ2n) is 4.26. The van der Waals surface area contributed by atoms with Crippen molar-refractivity contribution in [1.29, 1.82) is 0 Å². The Morgan fingerprint density at radius 2 is 1.85 bits per heavy atom. The average molecular weight is 293 g/mol. The molecule has 0 spiro atoms. The highest BCUT2D eigenvalue weighted by molar-refractivity contribution is 6.31. The lowest BCUT2D eigenvalue weighted by molar-refractivity contribution is 0.0947. The van der Waals surface area contributed by atoms with Crippen LogP contribution in [0.5, 0.6) is 0 Å². The van der Waals surface area contributed by atoms with Crippen molar-refractivity contribution in [1.82, 2.24) is 5.32 Å². The number of halogens is 2. The van der Waals surface area contributed by atoms with Crippen LogP contribution in [0.15, 0.2) is 42.5 Å². The lowest BCUT2D eigenvalue weighted by Crippen LogP contribution is -2.24. The van der Waals surface area contributed by atoms with E-state index in [0.717, 1.165) is 11.1 Å². The molecule has 0 atom stereocenters. The molecule has 2 aromatic carbocycles. The second kappa shape index (κ2) is 6.50. The quantitative estimate of drug-likeness (QED) is 0.910. The van der Waals surface area contributed by atoms with Gasteiger partial charge in [-0.05, 0) is 23.3 Å². The fourth-order valence-corrected chi connectivity index (χ4v) is 2.05. The number of rotatable bonds is 4. The van der Waals surface area contributed by atoms with Gasteiger partial charge in [0.2, 0.25) is 0 Å². The minimum atomic E-state index is -0.709. The van der Waals surface area contributed by atoms with Gasteiger partial charge < -0.3 is 11.1 Å². The van der Waals surface area contributed by atoms with Gasteiger partial charge in [-0.3, -0.25) is 4.79 Å². The van der Waals surface area contributed by atoms with Gasteiger partial charge in [-0.1, -0.05) is 41.9 Å². The molecule has 5 heteroatoms. The van der Waals surface area contributed by atoms with Gasteiger partial charge in [-0.2, -0.15) is 0 Å². The number of nitrogens with two attached hydrogens (primary N) is 1. The van der Waals surface area contributed by atoms with Crippen molar-refractivity contribution in [2.24, 2.45) is 5.73 Å². The minimum Gasteiger partial charge on any atom is -0.348 e. The monoisotopic (exact) mass is 292 g/mol. The lowest BCUT2D eigenvalue weighted by atomic mass is 10.1. The highest BCUT2D eigenvalue weighted by Crippen LogP contribution is 2.18. The van der Waals surface area contributed by atoms with E-state index in [1.807, 2.05) is 24.3 Å². The molecule has 0 saturated carbocycles. The first-order valence-electron chi connectivity index (χ1n) is 6.12. The first-order valence-corrected chi connectivity index (χ1v) is 6.50. The van der Waals surface area contributed by atoms with Crippen LogP contribution < -0.4 is 11.1 Å². The van der Waals surface area contributed by atoms with Gasteiger partial charge in [0.15, 0.2) is 5.82 Å². The highest BCUT2D eigenvalue weighted by Gasteiger charge is 2.14. The molecule has 1 amide bonds. The lowest BCUT2D eigenvalue weighted by Gasteiger charge is -2.10. The standard InChI is InChI=1S/C15H14ClFN2O/c16-13-7-3-6-12(14(13)17)15(20)19-9-11-5-2-1-4-10(11)8-18/h1-7H,8-9,18H2,(H,19,20). The summed E-state index contributed by atoms with van der Waals surface area (Å²) in [5, 5.41) is 2.60. The van der Waals surface area contributed by atoms with E-state index in [1.165, 1.54) is 18.2 Å². The number of hydrogen-bond donors (Lipinski definition) is 2. The van der Waals surface area contributed by atoms with Crippen LogP contribution in [-0.2, 0) is 13.1 Å². The topological polar surface area (TPSA) is 55.1 Å². The first-order chi connectivity index (χ1) is 9.63. The van der Waals surface area contributed by atoms with Crippen LogP contribution in [0, 0.1) is 5.82 Å². The van der Waals surface area contributed by atoms with Crippen LogP contribution in [0.3, 0.4) is 0 Å². The summed E-state index contributed by atoms with van der Waals surface area (Å²) in [6.45, 7) is 0.676. The molecule has 0 aromatic heterocycles. The molecule has 0 unspecified atom stereocenters. The van der Waals surface area contributed by atoms with Crippen molar-refractivity contribution in [3.63, 3.8) is 0 Å². The number of nitrogens with one attached hydrogen (secondary N) is 1. The zero-order chi connectivity index (χ0) is 14.5. The summed E-state index contributed by atoms with van der Waals surface area (Å²) in [5.41, 5.74) is 7.41. The number of amides is 1. The van der Waals surface area contributed by atoms with Crippen molar-refractivity contribution in [3.8, 4) is 0 Å². The maximum atomic E-state index is 13.7. The van der Waals surface area contributed by atoms with Crippen LogP contribution in [0.25, 0.3) is 0 Å². The van der Waals surface area contributed by atoms with E-state index < -0.39 is 11.7 Å². The third kappa shape index (κ3) is 3.15. The van der Waals surface area contributed by atoms with Gasteiger partial charge in [0.1, 0.15) is 0 Å². The zero-order valence-corrected chi connectivity index (χ0v) is 11.5. The molecule has 0 bridgehead atoms. The molecule has 0 aliphatic rings. The predicted molar refractivity (Wildman–Crippen MR) is 76.9 cm³/mol. The van der Waals surface area contributed by atoms with Crippen molar-refractivity contribution < 1.29 is 9.18 Å². The second-order valence-corrected chi connectivity index (χ2v) is 4.66. The number of carbonyl (C=O) groups excluding carboxylic acids is 1. The summed E-state index contributed by atoms with van der Waals surface area (Å²) >= 11 is 5.65. The molecule has 0 saturated heterocycles. The Bertz CT molecular complexity index is 631. The third-order valence-electron chi connectivity index (χ3n) is 2.97. The van der Waals surface area contributed by atoms with Gasteiger partial charge >= 0.3 is 0 Å². The Morgan fingerprint density at radius 1 is 1.15 bits per heavy atom. The van der Waals surface area contributed by atoms with Crippen LogP contribution in [0.4, 0.5) is 4.39 Å². The van der Waals surface area contributed by atoms with Crippen molar-refractivity contribution in [2.45, 2.75) is 13.1 Å². The fraction of sp³-hybridized carbons (Fsp3) is 0.133. The average Bonchev–Trinajstić information content (AvgIpc) is 2.48. The van der Waals surface area contributed by atoms with Crippen molar-refractivity contribution in [2.75, 3.05) is 0 Å². The molecule has 3 nitrogen and oxygen atoms in total. The predicted octanol–water partition coefficient (Wildman–Crippen LogP) is 2.87. The largest absolute Gasteiger partial charge is 0.348 e. The molecular formula is C15H14ClFN2O. The third-order valence-corrected chi connectivity index (χ3v) is 3.27. The SMILES string of the molecule is NCc1ccccc1CNC(=O)c1cccc(Cl)c1F. The Morgan fingerprint density at radius 3 is 2.55 bits per heavy atom. The van der Waals surface area contributed by atoms with Gasteiger partial charge in [-0.25, -0.2) is 4.39 Å². The van der Waals surface area contributed by atoms with Crippen LogP contribution >= 0.6 is 11.6 Å². The van der Waals surface area contributed by atoms with E-state index in [0.29, 0.717) is 6.54 Å². The molecular weight excluding hydrogens is 279 g/mol. The maximum Gasteiger partial charge on any atom is 0.254 e. The number of hydrogen-bond acceptors (Lipinski definition) is 2. The molecule has 3 N–H and O–H groups in total. The summed E-state index contributed by atoms with van der Waals surface area (Å²) in [7, 11) is 0. The molecule has 2 aromatic rings. The van der Waals surface area contributed by atoms with Gasteiger partial charge in [0, 0.05) is 13.1 Å². The van der Waals surface area contributed by atoms with Gasteiger partial charge in [0.25, 0.3) is 5.91 Å². The molecule has 0 aliphatic carbocycles. The van der Waals surface area contributed by atoms with E-state index in [9.17, 15) is 9.18 Å². The van der Waals surface area contributed by atoms with Crippen LogP contribution in [0.2, 0.25) is 5.02 Å². The molecule has 20 heavy (non-hydrogen) atoms. The first kappa shape index (κ1) is 14.5. The fourth-order valence-electron chi connectivity index (χ4n) is 1.88. The number of carbonyl (C=O) groups is 1. The summed E-state index contributed by atoms with van der Waals surface area (Å²) in [4.78, 5) is 11.9. The number of benzene rings is 2. The Kier molecular flexibility index (Phi) is 4.71. The summed E-state index contributed by atoms with van der Waals surface area (Å²) in [6.07, 6.45) is 0. The smallest absolute Gasteiger partial charge is 0.254 e. The van der Waals surface area contributed by atoms with E-state index in [-0.39, 0.29) is 17.1 Å². The minimum absolute atomic E-state index is 0.0669. The highest BCUT2D eigenvalue weighted by atomic mass is 35.5. The maximum absolute atomic E-state index is 13.7. The van der Waals surface area contributed by atoms with Crippen LogP contribution in [0.1, 0.15) is 21.5 Å². The summed E-state index contributed by atoms with van der Waals surface area (Å²) < 4.78 is 13.7. The van der Waals surface area contributed by atoms with E-state index in [4.69, 9.17) is 17.3 Å². The van der Waals surface area contributed by atoms with Gasteiger partial charge in [-0.15, -0.1) is 0 Å².